The Morgan fingerprint density at radius 2 is 1.69 bits per heavy atom. The van der Waals surface area contributed by atoms with Gasteiger partial charge in [0.25, 0.3) is 17.2 Å². The lowest BCUT2D eigenvalue weighted by Crippen LogP contribution is -2.64. The molecule has 0 saturated carbocycles. The second-order valence-corrected chi connectivity index (χ2v) is 7.08. The van der Waals surface area contributed by atoms with Crippen LogP contribution in [0.4, 0.5) is 0 Å². The number of nitrogens with zero attached hydrogens (tertiary/aromatic N) is 1. The summed E-state index contributed by atoms with van der Waals surface area (Å²) in [6, 6.07) is 7.59. The fraction of sp³-hybridized carbons (Fsp3) is 0.381. The van der Waals surface area contributed by atoms with E-state index in [1.54, 1.807) is 30.3 Å². The van der Waals surface area contributed by atoms with Crippen molar-refractivity contribution in [2.75, 3.05) is 27.4 Å². The van der Waals surface area contributed by atoms with Gasteiger partial charge in [-0.1, -0.05) is 30.3 Å². The lowest BCUT2D eigenvalue weighted by Gasteiger charge is -2.43. The van der Waals surface area contributed by atoms with Crippen LogP contribution in [-0.2, 0) is 47.7 Å². The van der Waals surface area contributed by atoms with Gasteiger partial charge in [0, 0.05) is 0 Å². The molecule has 3 atom stereocenters. The first-order chi connectivity index (χ1) is 15.3. The Hall–Kier alpha value is -3.73. The molecule has 2 saturated heterocycles. The third-order valence-corrected chi connectivity index (χ3v) is 5.59. The highest BCUT2D eigenvalue weighted by molar-refractivity contribution is 6.26. The molecule has 1 amide bonds. The molecule has 11 nitrogen and oxygen atoms in total. The van der Waals surface area contributed by atoms with Crippen LogP contribution in [0.25, 0.3) is 0 Å². The maximum Gasteiger partial charge on any atom is 0.365 e. The lowest BCUT2D eigenvalue weighted by molar-refractivity contribution is -0.204. The number of fused-ring (bicyclic) bond motifs is 1. The highest BCUT2D eigenvalue weighted by Crippen LogP contribution is 2.58. The molecule has 3 aliphatic rings. The molecule has 4 rings (SSSR count). The molecule has 11 heteroatoms. The Morgan fingerprint density at radius 1 is 1.06 bits per heavy atom. The summed E-state index contributed by atoms with van der Waals surface area (Å²) < 4.78 is 25.6. The maximum atomic E-state index is 13.7. The minimum atomic E-state index is -2.73. The summed E-state index contributed by atoms with van der Waals surface area (Å²) in [4.78, 5) is 66.4. The third kappa shape index (κ3) is 2.48. The number of benzene rings is 1. The van der Waals surface area contributed by atoms with Gasteiger partial charge in [-0.2, -0.15) is 0 Å². The van der Waals surface area contributed by atoms with E-state index in [1.165, 1.54) is 6.92 Å². The quantitative estimate of drug-likeness (QED) is 0.341. The summed E-state index contributed by atoms with van der Waals surface area (Å²) >= 11 is 0. The topological polar surface area (TPSA) is 135 Å². The summed E-state index contributed by atoms with van der Waals surface area (Å²) in [6.07, 6.45) is 0. The van der Waals surface area contributed by atoms with Crippen LogP contribution in [0.1, 0.15) is 18.5 Å². The number of hydrogen-bond donors (Lipinski definition) is 0. The molecule has 1 aromatic carbocycles. The van der Waals surface area contributed by atoms with Gasteiger partial charge in [0.15, 0.2) is 0 Å². The summed E-state index contributed by atoms with van der Waals surface area (Å²) in [6.45, 7) is 1.05. The minimum absolute atomic E-state index is 0.168. The van der Waals surface area contributed by atoms with Gasteiger partial charge in [0.05, 0.1) is 26.9 Å². The summed E-state index contributed by atoms with van der Waals surface area (Å²) in [7, 11) is 2.00. The molecule has 168 valence electrons. The molecule has 1 aromatic rings. The minimum Gasteiger partial charge on any atom is -0.466 e. The molecule has 0 radical (unpaired) electrons. The molecule has 2 fully saturated rings. The van der Waals surface area contributed by atoms with Crippen molar-refractivity contribution in [2.24, 2.45) is 0 Å². The van der Waals surface area contributed by atoms with E-state index in [1.807, 2.05) is 0 Å². The molecular weight excluding hydrogens is 426 g/mol. The standard InChI is InChI=1S/C21H19NO10/c1-4-30-18(26)20-13(15(23)28-2)14(16(24)29-3)21(32-20)19(27)31-10-12(22(21)17(20)25)11-8-6-5-7-9-11/h5-9,12H,4,10H2,1-3H3/t12-,20+,21+/m0/s1. The number of ether oxygens (including phenoxy) is 5. The van der Waals surface area contributed by atoms with E-state index in [2.05, 4.69) is 0 Å². The van der Waals surface area contributed by atoms with E-state index < -0.39 is 58.3 Å². The first-order valence-electron chi connectivity index (χ1n) is 9.66. The summed E-state index contributed by atoms with van der Waals surface area (Å²) in [5.41, 5.74) is -6.14. The normalized spacial score (nSPS) is 28.2. The monoisotopic (exact) mass is 445 g/mol. The van der Waals surface area contributed by atoms with Crippen molar-refractivity contribution in [3.8, 4) is 0 Å². The largest absolute Gasteiger partial charge is 0.466 e. The molecule has 1 spiro atoms. The second kappa shape index (κ2) is 7.45. The zero-order valence-corrected chi connectivity index (χ0v) is 17.4. The number of esters is 4. The van der Waals surface area contributed by atoms with Crippen LogP contribution in [0.15, 0.2) is 41.5 Å². The van der Waals surface area contributed by atoms with Crippen molar-refractivity contribution >= 4 is 29.8 Å². The van der Waals surface area contributed by atoms with Crippen molar-refractivity contribution in [2.45, 2.75) is 24.3 Å². The number of amides is 1. The number of hydrogen-bond acceptors (Lipinski definition) is 10. The Balaban J connectivity index is 2.05. The molecule has 0 aromatic heterocycles. The van der Waals surface area contributed by atoms with E-state index in [4.69, 9.17) is 23.7 Å². The molecular formula is C21H19NO10. The first-order valence-corrected chi connectivity index (χ1v) is 9.66. The Labute approximate surface area is 181 Å². The van der Waals surface area contributed by atoms with Crippen LogP contribution in [0.2, 0.25) is 0 Å². The van der Waals surface area contributed by atoms with Gasteiger partial charge in [-0.3, -0.25) is 9.69 Å². The molecule has 3 heterocycles. The zero-order valence-electron chi connectivity index (χ0n) is 17.4. The smallest absolute Gasteiger partial charge is 0.365 e. The SMILES string of the molecule is CCOC(=O)[C@]12O[C@@]3(C(=O)OC[C@@H](c4ccccc4)N3C1=O)C(C(=O)OC)=C2C(=O)OC. The fourth-order valence-electron chi connectivity index (χ4n) is 4.31. The van der Waals surface area contributed by atoms with Crippen LogP contribution in [0, 0.1) is 0 Å². The lowest BCUT2D eigenvalue weighted by atomic mass is 9.81. The first kappa shape index (κ1) is 21.5. The van der Waals surface area contributed by atoms with E-state index in [9.17, 15) is 24.0 Å². The van der Waals surface area contributed by atoms with Gasteiger partial charge in [-0.25, -0.2) is 19.2 Å². The van der Waals surface area contributed by atoms with E-state index in [0.29, 0.717) is 5.56 Å². The van der Waals surface area contributed by atoms with Gasteiger partial charge < -0.3 is 23.7 Å². The molecule has 2 bridgehead atoms. The van der Waals surface area contributed by atoms with Gasteiger partial charge in [0.1, 0.15) is 17.8 Å². The van der Waals surface area contributed by atoms with Crippen molar-refractivity contribution in [3.63, 3.8) is 0 Å². The van der Waals surface area contributed by atoms with Crippen LogP contribution in [0.3, 0.4) is 0 Å². The number of morpholine rings is 1. The fourth-order valence-corrected chi connectivity index (χ4v) is 4.31. The molecule has 3 aliphatic heterocycles. The predicted octanol–water partition coefficient (Wildman–Crippen LogP) is -0.202. The van der Waals surface area contributed by atoms with Crippen molar-refractivity contribution in [3.05, 3.63) is 47.0 Å². The average molecular weight is 445 g/mol. The van der Waals surface area contributed by atoms with Crippen molar-refractivity contribution < 1.29 is 47.7 Å². The van der Waals surface area contributed by atoms with Crippen molar-refractivity contribution in [1.82, 2.24) is 4.90 Å². The highest BCUT2D eigenvalue weighted by atomic mass is 16.7. The Bertz CT molecular complexity index is 1060. The van der Waals surface area contributed by atoms with Gasteiger partial charge in [-0.05, 0) is 12.5 Å². The van der Waals surface area contributed by atoms with Gasteiger partial charge in [0.2, 0.25) is 0 Å². The van der Waals surface area contributed by atoms with Crippen LogP contribution >= 0.6 is 0 Å². The maximum absolute atomic E-state index is 13.7. The van der Waals surface area contributed by atoms with E-state index in [0.717, 1.165) is 19.1 Å². The van der Waals surface area contributed by atoms with E-state index >= 15 is 0 Å². The molecule has 32 heavy (non-hydrogen) atoms. The number of methoxy groups -OCH3 is 2. The Kier molecular flexibility index (Phi) is 5.00. The third-order valence-electron chi connectivity index (χ3n) is 5.59. The molecule has 0 unspecified atom stereocenters. The molecule has 0 N–H and O–H groups in total. The molecule has 0 aliphatic carbocycles. The van der Waals surface area contributed by atoms with Gasteiger partial charge in [-0.15, -0.1) is 0 Å². The number of carbonyl (C=O) groups excluding carboxylic acids is 5. The van der Waals surface area contributed by atoms with Crippen molar-refractivity contribution in [1.29, 1.82) is 0 Å². The van der Waals surface area contributed by atoms with Crippen LogP contribution < -0.4 is 0 Å². The number of carbonyl (C=O) groups is 5. The summed E-state index contributed by atoms with van der Waals surface area (Å²) in [5.74, 6) is -5.85. The summed E-state index contributed by atoms with van der Waals surface area (Å²) in [5, 5.41) is 0. The van der Waals surface area contributed by atoms with E-state index in [-0.39, 0.29) is 13.2 Å². The number of rotatable bonds is 5. The van der Waals surface area contributed by atoms with Crippen LogP contribution in [0.5, 0.6) is 0 Å². The van der Waals surface area contributed by atoms with Crippen LogP contribution in [-0.4, -0.2) is 73.4 Å². The predicted molar refractivity (Wildman–Crippen MR) is 101 cm³/mol. The second-order valence-electron chi connectivity index (χ2n) is 7.08. The zero-order chi connectivity index (χ0) is 23.3. The average Bonchev–Trinajstić information content (AvgIpc) is 3.27. The number of cyclic esters (lactones) is 1. The van der Waals surface area contributed by atoms with Gasteiger partial charge >= 0.3 is 23.9 Å². The highest BCUT2D eigenvalue weighted by Gasteiger charge is 2.83. The Morgan fingerprint density at radius 3 is 2.28 bits per heavy atom.